The normalized spacial score (nSPS) is 21.1. The van der Waals surface area contributed by atoms with Crippen LogP contribution in [0.1, 0.15) is 26.2 Å². The van der Waals surface area contributed by atoms with Crippen molar-refractivity contribution in [3.63, 3.8) is 0 Å². The Labute approximate surface area is 129 Å². The van der Waals surface area contributed by atoms with Crippen molar-refractivity contribution < 1.29 is 9.53 Å². The number of carbonyl (C=O) groups is 1. The number of rotatable bonds is 2. The maximum Gasteiger partial charge on any atom is 0.222 e. The first-order valence-corrected chi connectivity index (χ1v) is 7.89. The number of amides is 1. The van der Waals surface area contributed by atoms with Gasteiger partial charge in [-0.2, -0.15) is 0 Å². The van der Waals surface area contributed by atoms with Crippen LogP contribution in [-0.4, -0.2) is 48.1 Å². The van der Waals surface area contributed by atoms with E-state index in [4.69, 9.17) is 16.3 Å². The van der Waals surface area contributed by atoms with Gasteiger partial charge in [0.15, 0.2) is 11.6 Å². The van der Waals surface area contributed by atoms with Gasteiger partial charge in [0.2, 0.25) is 5.91 Å². The minimum atomic E-state index is 0.256. The molecule has 0 N–H and O–H groups in total. The Bertz CT molecular complexity index is 538. The highest BCUT2D eigenvalue weighted by molar-refractivity contribution is 6.30. The molecule has 2 aliphatic rings. The lowest BCUT2D eigenvalue weighted by atomic mass is 10.1. The summed E-state index contributed by atoms with van der Waals surface area (Å²) < 4.78 is 5.77. The predicted octanol–water partition coefficient (Wildman–Crippen LogP) is 2.33. The van der Waals surface area contributed by atoms with E-state index >= 15 is 0 Å². The van der Waals surface area contributed by atoms with Gasteiger partial charge in [-0.15, -0.1) is 0 Å². The van der Waals surface area contributed by atoms with Gasteiger partial charge in [-0.3, -0.25) is 4.79 Å². The third-order valence-electron chi connectivity index (χ3n) is 4.08. The molecule has 21 heavy (non-hydrogen) atoms. The molecule has 0 spiro atoms. The van der Waals surface area contributed by atoms with Gasteiger partial charge in [-0.1, -0.05) is 18.5 Å². The number of fused-ring (bicyclic) bond motifs is 3. The van der Waals surface area contributed by atoms with Crippen molar-refractivity contribution in [2.45, 2.75) is 32.2 Å². The Morgan fingerprint density at radius 1 is 1.52 bits per heavy atom. The molecule has 0 saturated carbocycles. The number of nitrogens with zero attached hydrogens (tertiary/aromatic N) is 3. The van der Waals surface area contributed by atoms with Crippen molar-refractivity contribution >= 4 is 23.3 Å². The van der Waals surface area contributed by atoms with Crippen molar-refractivity contribution in [2.24, 2.45) is 0 Å². The smallest absolute Gasteiger partial charge is 0.222 e. The monoisotopic (exact) mass is 309 g/mol. The van der Waals surface area contributed by atoms with Gasteiger partial charge in [0, 0.05) is 44.7 Å². The third kappa shape index (κ3) is 2.93. The Morgan fingerprint density at radius 2 is 2.38 bits per heavy atom. The van der Waals surface area contributed by atoms with E-state index in [1.807, 2.05) is 17.9 Å². The van der Waals surface area contributed by atoms with E-state index in [9.17, 15) is 4.79 Å². The van der Waals surface area contributed by atoms with Crippen LogP contribution in [-0.2, 0) is 4.79 Å². The lowest BCUT2D eigenvalue weighted by Crippen LogP contribution is -2.55. The van der Waals surface area contributed by atoms with Gasteiger partial charge in [0.25, 0.3) is 0 Å². The maximum atomic E-state index is 12.1. The topological polar surface area (TPSA) is 45.7 Å². The highest BCUT2D eigenvalue weighted by Crippen LogP contribution is 2.34. The van der Waals surface area contributed by atoms with Crippen LogP contribution < -0.4 is 9.64 Å². The first-order chi connectivity index (χ1) is 10.2. The van der Waals surface area contributed by atoms with Crippen LogP contribution in [0.3, 0.4) is 0 Å². The van der Waals surface area contributed by atoms with Crippen LogP contribution in [0.2, 0.25) is 5.02 Å². The van der Waals surface area contributed by atoms with Crippen LogP contribution >= 0.6 is 11.6 Å². The largest absolute Gasteiger partial charge is 0.490 e. The quantitative estimate of drug-likeness (QED) is 0.841. The summed E-state index contributed by atoms with van der Waals surface area (Å²) in [5, 5.41) is 0.587. The number of halogens is 1. The highest BCUT2D eigenvalue weighted by Gasteiger charge is 2.33. The average molecular weight is 310 g/mol. The van der Waals surface area contributed by atoms with Crippen LogP contribution in [0.5, 0.6) is 5.75 Å². The molecular formula is C15H20ClN3O2. The van der Waals surface area contributed by atoms with Crippen molar-refractivity contribution in [3.05, 3.63) is 17.3 Å². The SMILES string of the molecule is CCCC(=O)N1CCN2c3ncc(Cl)cc3OCC[C@@H]2C1. The molecule has 5 nitrogen and oxygen atoms in total. The van der Waals surface area contributed by atoms with Crippen molar-refractivity contribution in [3.8, 4) is 5.75 Å². The summed E-state index contributed by atoms with van der Waals surface area (Å²) in [5.74, 6) is 1.86. The Kier molecular flexibility index (Phi) is 4.19. The number of hydrogen-bond acceptors (Lipinski definition) is 4. The third-order valence-corrected chi connectivity index (χ3v) is 4.29. The summed E-state index contributed by atoms with van der Waals surface area (Å²) in [7, 11) is 0. The fraction of sp³-hybridized carbons (Fsp3) is 0.600. The fourth-order valence-electron chi connectivity index (χ4n) is 3.02. The van der Waals surface area contributed by atoms with Gasteiger partial charge >= 0.3 is 0 Å². The summed E-state index contributed by atoms with van der Waals surface area (Å²) in [6.07, 6.45) is 4.08. The molecule has 1 fully saturated rings. The molecular weight excluding hydrogens is 290 g/mol. The van der Waals surface area contributed by atoms with E-state index in [-0.39, 0.29) is 11.9 Å². The number of ether oxygens (including phenoxy) is 1. The van der Waals surface area contributed by atoms with E-state index < -0.39 is 0 Å². The molecule has 0 aliphatic carbocycles. The minimum Gasteiger partial charge on any atom is -0.490 e. The minimum absolute atomic E-state index is 0.256. The average Bonchev–Trinajstić information content (AvgIpc) is 2.65. The molecule has 1 aromatic heterocycles. The standard InChI is InChI=1S/C15H20ClN3O2/c1-2-3-14(20)18-5-6-19-12(10-18)4-7-21-13-8-11(16)9-17-15(13)19/h8-9,12H,2-7,10H2,1H3/t12-/m1/s1. The maximum absolute atomic E-state index is 12.1. The van der Waals surface area contributed by atoms with Gasteiger partial charge < -0.3 is 14.5 Å². The summed E-state index contributed by atoms with van der Waals surface area (Å²) >= 11 is 5.99. The second-order valence-corrected chi connectivity index (χ2v) is 5.99. The van der Waals surface area contributed by atoms with E-state index in [0.717, 1.165) is 44.0 Å². The Morgan fingerprint density at radius 3 is 3.19 bits per heavy atom. The van der Waals surface area contributed by atoms with E-state index in [2.05, 4.69) is 9.88 Å². The zero-order valence-corrected chi connectivity index (χ0v) is 13.0. The molecule has 6 heteroatoms. The number of piperazine rings is 1. The molecule has 114 valence electrons. The second-order valence-electron chi connectivity index (χ2n) is 5.55. The Hall–Kier alpha value is -1.49. The van der Waals surface area contributed by atoms with E-state index in [1.165, 1.54) is 0 Å². The van der Waals surface area contributed by atoms with E-state index in [0.29, 0.717) is 18.1 Å². The van der Waals surface area contributed by atoms with Gasteiger partial charge in [-0.25, -0.2) is 4.98 Å². The molecule has 1 saturated heterocycles. The number of carbonyl (C=O) groups excluding carboxylic acids is 1. The lowest BCUT2D eigenvalue weighted by molar-refractivity contribution is -0.132. The molecule has 1 aromatic rings. The second kappa shape index (κ2) is 6.10. The Balaban J connectivity index is 1.79. The van der Waals surface area contributed by atoms with Crippen molar-refractivity contribution in [1.29, 1.82) is 0 Å². The molecule has 1 amide bonds. The summed E-state index contributed by atoms with van der Waals surface area (Å²) in [6.45, 7) is 4.97. The zero-order chi connectivity index (χ0) is 14.8. The zero-order valence-electron chi connectivity index (χ0n) is 12.2. The molecule has 3 heterocycles. The molecule has 0 bridgehead atoms. The first-order valence-electron chi connectivity index (χ1n) is 7.51. The molecule has 2 aliphatic heterocycles. The first kappa shape index (κ1) is 14.4. The highest BCUT2D eigenvalue weighted by atomic mass is 35.5. The number of anilines is 1. The summed E-state index contributed by atoms with van der Waals surface area (Å²) in [5.41, 5.74) is 0. The van der Waals surface area contributed by atoms with E-state index in [1.54, 1.807) is 6.20 Å². The summed E-state index contributed by atoms with van der Waals surface area (Å²) in [4.78, 5) is 20.8. The molecule has 3 rings (SSSR count). The molecule has 0 radical (unpaired) electrons. The van der Waals surface area contributed by atoms with Crippen LogP contribution in [0.15, 0.2) is 12.3 Å². The lowest BCUT2D eigenvalue weighted by Gasteiger charge is -2.41. The van der Waals surface area contributed by atoms with Crippen LogP contribution in [0, 0.1) is 0 Å². The van der Waals surface area contributed by atoms with Gasteiger partial charge in [0.1, 0.15) is 0 Å². The summed E-state index contributed by atoms with van der Waals surface area (Å²) in [6, 6.07) is 2.09. The van der Waals surface area contributed by atoms with Crippen LogP contribution in [0.25, 0.3) is 0 Å². The number of pyridine rings is 1. The molecule has 0 unspecified atom stereocenters. The number of aromatic nitrogens is 1. The van der Waals surface area contributed by atoms with Crippen molar-refractivity contribution in [2.75, 3.05) is 31.1 Å². The van der Waals surface area contributed by atoms with Crippen LogP contribution in [0.4, 0.5) is 5.82 Å². The number of hydrogen-bond donors (Lipinski definition) is 0. The molecule has 0 aromatic carbocycles. The van der Waals surface area contributed by atoms with Crippen molar-refractivity contribution in [1.82, 2.24) is 9.88 Å². The predicted molar refractivity (Wildman–Crippen MR) is 82.0 cm³/mol. The molecule has 1 atom stereocenters. The van der Waals surface area contributed by atoms with Gasteiger partial charge in [0.05, 0.1) is 17.7 Å². The van der Waals surface area contributed by atoms with Gasteiger partial charge in [-0.05, 0) is 6.42 Å². The fourth-order valence-corrected chi connectivity index (χ4v) is 3.17.